The molecule has 0 spiro atoms. The van der Waals surface area contributed by atoms with E-state index in [1.54, 1.807) is 26.0 Å². The van der Waals surface area contributed by atoms with Crippen molar-refractivity contribution in [3.8, 4) is 17.6 Å². The Bertz CT molecular complexity index is 968. The van der Waals surface area contributed by atoms with Crippen molar-refractivity contribution in [3.05, 3.63) is 70.8 Å². The van der Waals surface area contributed by atoms with Gasteiger partial charge in [0.15, 0.2) is 0 Å². The van der Waals surface area contributed by atoms with Gasteiger partial charge < -0.3 is 10.2 Å². The molecule has 2 aromatic carbocycles. The van der Waals surface area contributed by atoms with Crippen LogP contribution in [-0.2, 0) is 0 Å². The lowest BCUT2D eigenvalue weighted by Gasteiger charge is -2.43. The van der Waals surface area contributed by atoms with E-state index in [1.165, 1.54) is 17.6 Å². The topological polar surface area (TPSA) is 40.5 Å². The third kappa shape index (κ3) is 5.77. The molecule has 1 aliphatic carbocycles. The number of phenolic OH excluding ortho intramolecular Hbond substituents is 1. The Morgan fingerprint density at radius 2 is 1.30 bits per heavy atom. The molecule has 2 N–H and O–H groups in total. The first-order chi connectivity index (χ1) is 13.8. The Morgan fingerprint density at radius 1 is 0.833 bits per heavy atom. The molecule has 0 unspecified atom stereocenters. The number of allylic oxidation sites excluding steroid dienone is 1. The lowest BCUT2D eigenvalue weighted by atomic mass is 9.62. The van der Waals surface area contributed by atoms with E-state index in [0.717, 1.165) is 29.5 Å². The summed E-state index contributed by atoms with van der Waals surface area (Å²) in [5.74, 6) is 6.21. The summed E-state index contributed by atoms with van der Waals surface area (Å²) < 4.78 is 0. The van der Waals surface area contributed by atoms with Crippen LogP contribution in [0.4, 0.5) is 0 Å². The molecule has 0 aliphatic heterocycles. The van der Waals surface area contributed by atoms with Crippen LogP contribution in [0.2, 0.25) is 0 Å². The van der Waals surface area contributed by atoms with Gasteiger partial charge in [0.05, 0.1) is 0 Å². The number of hydrogen-bond donors (Lipinski definition) is 2. The van der Waals surface area contributed by atoms with Crippen LogP contribution in [0.15, 0.2) is 54.1 Å². The molecule has 3 rings (SSSR count). The Labute approximate surface area is 181 Å². The highest BCUT2D eigenvalue weighted by Gasteiger charge is 2.37. The molecule has 1 saturated carbocycles. The Morgan fingerprint density at radius 3 is 1.77 bits per heavy atom. The summed E-state index contributed by atoms with van der Waals surface area (Å²) in [6.45, 7) is 12.8. The normalized spacial score (nSPS) is 17.8. The van der Waals surface area contributed by atoms with Gasteiger partial charge >= 0.3 is 0 Å². The molecule has 0 aromatic heterocycles. The molecule has 1 aliphatic rings. The maximum atomic E-state index is 9.86. The predicted molar refractivity (Wildman–Crippen MR) is 125 cm³/mol. The standard InChI is InChI=1S/C28H34O2/c1-26(2)17-23(18-27(3,4)19-26)25(22-11-13-24(29)14-12-22)21-9-7-20(8-10-21)15-16-28(5,6)30/h7-14,29-30H,17-19H2,1-6H3. The first-order valence-electron chi connectivity index (χ1n) is 10.7. The van der Waals surface area contributed by atoms with Crippen molar-refractivity contribution < 1.29 is 10.2 Å². The van der Waals surface area contributed by atoms with Gasteiger partial charge in [0.25, 0.3) is 0 Å². The van der Waals surface area contributed by atoms with Gasteiger partial charge in [0, 0.05) is 5.56 Å². The van der Waals surface area contributed by atoms with Gasteiger partial charge in [-0.25, -0.2) is 0 Å². The van der Waals surface area contributed by atoms with Crippen molar-refractivity contribution in [1.82, 2.24) is 0 Å². The van der Waals surface area contributed by atoms with Crippen LogP contribution in [0.25, 0.3) is 5.57 Å². The quantitative estimate of drug-likeness (QED) is 0.559. The van der Waals surface area contributed by atoms with Crippen LogP contribution in [-0.4, -0.2) is 15.8 Å². The number of aromatic hydroxyl groups is 1. The van der Waals surface area contributed by atoms with E-state index < -0.39 is 5.60 Å². The molecule has 2 aromatic rings. The van der Waals surface area contributed by atoms with Gasteiger partial charge in [-0.15, -0.1) is 0 Å². The van der Waals surface area contributed by atoms with Crippen LogP contribution in [0, 0.1) is 22.7 Å². The van der Waals surface area contributed by atoms with E-state index in [9.17, 15) is 10.2 Å². The second kappa shape index (κ2) is 7.97. The van der Waals surface area contributed by atoms with Crippen molar-refractivity contribution in [2.45, 2.75) is 66.4 Å². The summed E-state index contributed by atoms with van der Waals surface area (Å²) in [7, 11) is 0. The van der Waals surface area contributed by atoms with E-state index in [1.807, 2.05) is 24.3 Å². The number of aliphatic hydroxyl groups is 1. The molecule has 2 heteroatoms. The summed E-state index contributed by atoms with van der Waals surface area (Å²) in [6, 6.07) is 15.8. The molecule has 30 heavy (non-hydrogen) atoms. The average Bonchev–Trinajstić information content (AvgIpc) is 2.60. The third-order valence-electron chi connectivity index (χ3n) is 5.54. The van der Waals surface area contributed by atoms with Crippen molar-refractivity contribution in [2.24, 2.45) is 10.8 Å². The maximum Gasteiger partial charge on any atom is 0.120 e. The summed E-state index contributed by atoms with van der Waals surface area (Å²) in [5, 5.41) is 19.7. The monoisotopic (exact) mass is 402 g/mol. The molecule has 2 nitrogen and oxygen atoms in total. The molecule has 158 valence electrons. The van der Waals surface area contributed by atoms with Crippen LogP contribution in [0.1, 0.15) is 77.5 Å². The third-order valence-corrected chi connectivity index (χ3v) is 5.54. The fourth-order valence-corrected chi connectivity index (χ4v) is 4.96. The van der Waals surface area contributed by atoms with Crippen molar-refractivity contribution in [2.75, 3.05) is 0 Å². The lowest BCUT2D eigenvalue weighted by molar-refractivity contribution is 0.143. The largest absolute Gasteiger partial charge is 0.508 e. The minimum atomic E-state index is -1.00. The van der Waals surface area contributed by atoms with Gasteiger partial charge in [-0.3, -0.25) is 0 Å². The van der Waals surface area contributed by atoms with E-state index in [0.29, 0.717) is 0 Å². The Kier molecular flexibility index (Phi) is 5.89. The highest BCUT2D eigenvalue weighted by molar-refractivity contribution is 5.83. The first-order valence-corrected chi connectivity index (χ1v) is 10.7. The first kappa shape index (κ1) is 22.2. The van der Waals surface area contributed by atoms with Crippen LogP contribution >= 0.6 is 0 Å². The van der Waals surface area contributed by atoms with E-state index in [2.05, 4.69) is 51.7 Å². The summed E-state index contributed by atoms with van der Waals surface area (Å²) in [4.78, 5) is 0. The van der Waals surface area contributed by atoms with Crippen LogP contribution in [0.3, 0.4) is 0 Å². The molecule has 0 saturated heterocycles. The zero-order valence-corrected chi connectivity index (χ0v) is 19.1. The minimum Gasteiger partial charge on any atom is -0.508 e. The molecule has 0 bridgehead atoms. The molecule has 0 heterocycles. The predicted octanol–water partition coefficient (Wildman–Crippen LogP) is 6.55. The second-order valence-electron chi connectivity index (χ2n) is 10.8. The van der Waals surface area contributed by atoms with Crippen molar-refractivity contribution in [1.29, 1.82) is 0 Å². The summed E-state index contributed by atoms with van der Waals surface area (Å²) >= 11 is 0. The zero-order chi connectivity index (χ0) is 22.2. The van der Waals surface area contributed by atoms with Gasteiger partial charge in [0.2, 0.25) is 0 Å². The van der Waals surface area contributed by atoms with E-state index in [-0.39, 0.29) is 16.6 Å². The lowest BCUT2D eigenvalue weighted by Crippen LogP contribution is -2.30. The van der Waals surface area contributed by atoms with Gasteiger partial charge in [0.1, 0.15) is 11.4 Å². The summed E-state index contributed by atoms with van der Waals surface area (Å²) in [6.07, 6.45) is 3.33. The molecule has 0 atom stereocenters. The van der Waals surface area contributed by atoms with Gasteiger partial charge in [-0.1, -0.05) is 69.4 Å². The second-order valence-corrected chi connectivity index (χ2v) is 10.8. The number of rotatable bonds is 2. The fraction of sp³-hybridized carbons (Fsp3) is 0.429. The molecule has 0 amide bonds. The SMILES string of the molecule is CC(C)(O)C#Cc1ccc(C(=C2CC(C)(C)CC(C)(C)C2)c2ccc(O)cc2)cc1. The zero-order valence-electron chi connectivity index (χ0n) is 19.1. The number of hydrogen-bond acceptors (Lipinski definition) is 2. The van der Waals surface area contributed by atoms with Crippen LogP contribution in [0.5, 0.6) is 5.75 Å². The highest BCUT2D eigenvalue weighted by Crippen LogP contribution is 2.50. The smallest absolute Gasteiger partial charge is 0.120 e. The van der Waals surface area contributed by atoms with Crippen molar-refractivity contribution >= 4 is 5.57 Å². The molecular weight excluding hydrogens is 368 g/mol. The van der Waals surface area contributed by atoms with E-state index in [4.69, 9.17) is 0 Å². The summed E-state index contributed by atoms with van der Waals surface area (Å²) in [5.41, 5.74) is 5.41. The fourth-order valence-electron chi connectivity index (χ4n) is 4.96. The van der Waals surface area contributed by atoms with Crippen molar-refractivity contribution in [3.63, 3.8) is 0 Å². The van der Waals surface area contributed by atoms with Crippen LogP contribution < -0.4 is 0 Å². The number of phenols is 1. The molecular formula is C28H34O2. The molecule has 1 fully saturated rings. The maximum absolute atomic E-state index is 9.86. The van der Waals surface area contributed by atoms with E-state index >= 15 is 0 Å². The number of benzene rings is 2. The Balaban J connectivity index is 2.11. The Hall–Kier alpha value is -2.50. The average molecular weight is 403 g/mol. The van der Waals surface area contributed by atoms with Gasteiger partial charge in [-0.05, 0) is 84.9 Å². The van der Waals surface area contributed by atoms with Gasteiger partial charge in [-0.2, -0.15) is 0 Å². The molecule has 0 radical (unpaired) electrons. The minimum absolute atomic E-state index is 0.247. The highest BCUT2D eigenvalue weighted by atomic mass is 16.3.